The lowest BCUT2D eigenvalue weighted by atomic mass is 9.87. The van der Waals surface area contributed by atoms with Gasteiger partial charge in [-0.15, -0.1) is 0 Å². The van der Waals surface area contributed by atoms with Crippen molar-refractivity contribution in [2.24, 2.45) is 11.8 Å². The van der Waals surface area contributed by atoms with E-state index in [-0.39, 0.29) is 17.7 Å². The molecule has 184 valence electrons. The van der Waals surface area contributed by atoms with E-state index in [1.165, 1.54) is 0 Å². The summed E-state index contributed by atoms with van der Waals surface area (Å²) < 4.78 is 16.5. The maximum Gasteiger partial charge on any atom is 0.253 e. The van der Waals surface area contributed by atoms with Gasteiger partial charge in [0.15, 0.2) is 11.5 Å². The van der Waals surface area contributed by atoms with Crippen molar-refractivity contribution in [3.63, 3.8) is 0 Å². The number of methoxy groups -OCH3 is 3. The van der Waals surface area contributed by atoms with Crippen LogP contribution in [-0.2, 0) is 4.79 Å². The normalized spacial score (nSPS) is 17.6. The van der Waals surface area contributed by atoms with Crippen molar-refractivity contribution in [3.8, 4) is 17.2 Å². The number of carbonyl (C=O) groups excluding carboxylic acids is 2. The third-order valence-electron chi connectivity index (χ3n) is 6.17. The van der Waals surface area contributed by atoms with Crippen LogP contribution in [0.25, 0.3) is 0 Å². The number of rotatable bonds is 9. The molecule has 1 aliphatic rings. The van der Waals surface area contributed by atoms with Crippen LogP contribution in [-0.4, -0.2) is 57.7 Å². The second-order valence-corrected chi connectivity index (χ2v) is 9.30. The summed E-state index contributed by atoms with van der Waals surface area (Å²) >= 11 is 5.98. The summed E-state index contributed by atoms with van der Waals surface area (Å²) in [5.41, 5.74) is 1.39. The molecule has 2 atom stereocenters. The van der Waals surface area contributed by atoms with Gasteiger partial charge in [0.25, 0.3) is 5.91 Å². The predicted molar refractivity (Wildman–Crippen MR) is 132 cm³/mol. The van der Waals surface area contributed by atoms with Crippen LogP contribution in [0.5, 0.6) is 17.2 Å². The minimum atomic E-state index is -0.411. The van der Waals surface area contributed by atoms with Crippen LogP contribution in [0.4, 0.5) is 0 Å². The third-order valence-corrected chi connectivity index (χ3v) is 6.42. The largest absolute Gasteiger partial charge is 0.493 e. The van der Waals surface area contributed by atoms with Crippen molar-refractivity contribution >= 4 is 23.4 Å². The molecule has 1 N–H and O–H groups in total. The minimum Gasteiger partial charge on any atom is -0.493 e. The van der Waals surface area contributed by atoms with Gasteiger partial charge in [-0.2, -0.15) is 0 Å². The Bertz CT molecular complexity index is 984. The average molecular weight is 489 g/mol. The van der Waals surface area contributed by atoms with Gasteiger partial charge in [0.2, 0.25) is 11.7 Å². The molecule has 0 spiro atoms. The molecule has 3 rings (SSSR count). The summed E-state index contributed by atoms with van der Waals surface area (Å²) in [6, 6.07) is 10.5. The van der Waals surface area contributed by atoms with Crippen molar-refractivity contribution in [3.05, 3.63) is 52.5 Å². The molecule has 0 radical (unpaired) electrons. The zero-order valence-corrected chi connectivity index (χ0v) is 21.1. The molecule has 0 aromatic heterocycles. The Morgan fingerprint density at radius 1 is 1.03 bits per heavy atom. The molecule has 34 heavy (non-hydrogen) atoms. The smallest absolute Gasteiger partial charge is 0.253 e. The fraction of sp³-hybridized carbons (Fsp3) is 0.462. The van der Waals surface area contributed by atoms with E-state index < -0.39 is 5.92 Å². The predicted octanol–water partition coefficient (Wildman–Crippen LogP) is 4.38. The van der Waals surface area contributed by atoms with Gasteiger partial charge < -0.3 is 24.4 Å². The van der Waals surface area contributed by atoms with Gasteiger partial charge in [-0.05, 0) is 54.3 Å². The van der Waals surface area contributed by atoms with Gasteiger partial charge in [-0.1, -0.05) is 25.4 Å². The van der Waals surface area contributed by atoms with Gasteiger partial charge in [0.05, 0.1) is 27.2 Å². The summed E-state index contributed by atoms with van der Waals surface area (Å²) in [5, 5.41) is 3.63. The quantitative estimate of drug-likeness (QED) is 0.566. The fourth-order valence-corrected chi connectivity index (χ4v) is 4.40. The summed E-state index contributed by atoms with van der Waals surface area (Å²) in [7, 11) is 4.66. The van der Waals surface area contributed by atoms with Crippen LogP contribution in [0.3, 0.4) is 0 Å². The van der Waals surface area contributed by atoms with E-state index in [2.05, 4.69) is 19.2 Å². The Kier molecular flexibility index (Phi) is 8.67. The molecular formula is C26H33ClN2O5. The zero-order chi connectivity index (χ0) is 24.8. The highest BCUT2D eigenvalue weighted by Gasteiger charge is 2.41. The molecule has 1 fully saturated rings. The standard InChI is InChI=1S/C26H33ClN2O5/c1-16(2)10-11-28-25(30)21-15-29(26(31)17-6-8-19(27)9-7-17)14-20(21)18-12-22(32-3)24(34-5)23(13-18)33-4/h6-9,12-13,16,20-21H,10-11,14-15H2,1-5H3,(H,28,30)/t20-,21-/m0/s1. The van der Waals surface area contributed by atoms with Gasteiger partial charge in [0, 0.05) is 36.1 Å². The van der Waals surface area contributed by atoms with Crippen LogP contribution < -0.4 is 19.5 Å². The summed E-state index contributed by atoms with van der Waals surface area (Å²) in [6.45, 7) is 5.54. The number of halogens is 1. The highest BCUT2D eigenvalue weighted by Crippen LogP contribution is 2.43. The number of hydrogen-bond donors (Lipinski definition) is 1. The molecule has 0 aliphatic carbocycles. The second-order valence-electron chi connectivity index (χ2n) is 8.86. The van der Waals surface area contributed by atoms with Crippen LogP contribution in [0, 0.1) is 11.8 Å². The van der Waals surface area contributed by atoms with E-state index in [0.717, 1.165) is 12.0 Å². The van der Waals surface area contributed by atoms with E-state index in [9.17, 15) is 9.59 Å². The van der Waals surface area contributed by atoms with Gasteiger partial charge in [-0.3, -0.25) is 9.59 Å². The number of likely N-dealkylation sites (tertiary alicyclic amines) is 1. The number of carbonyl (C=O) groups is 2. The maximum absolute atomic E-state index is 13.2. The van der Waals surface area contributed by atoms with Gasteiger partial charge >= 0.3 is 0 Å². The van der Waals surface area contributed by atoms with Gasteiger partial charge in [-0.25, -0.2) is 0 Å². The minimum absolute atomic E-state index is 0.0641. The molecular weight excluding hydrogens is 456 g/mol. The van der Waals surface area contributed by atoms with E-state index in [4.69, 9.17) is 25.8 Å². The van der Waals surface area contributed by atoms with Crippen LogP contribution in [0.2, 0.25) is 5.02 Å². The summed E-state index contributed by atoms with van der Waals surface area (Å²) in [4.78, 5) is 28.2. The topological polar surface area (TPSA) is 77.1 Å². The number of nitrogens with zero attached hydrogens (tertiary/aromatic N) is 1. The van der Waals surface area contributed by atoms with Crippen molar-refractivity contribution in [1.82, 2.24) is 10.2 Å². The van der Waals surface area contributed by atoms with Crippen molar-refractivity contribution in [2.75, 3.05) is 41.0 Å². The molecule has 2 amide bonds. The molecule has 0 unspecified atom stereocenters. The Hall–Kier alpha value is -2.93. The van der Waals surface area contributed by atoms with E-state index in [1.54, 1.807) is 50.5 Å². The van der Waals surface area contributed by atoms with E-state index in [0.29, 0.717) is 53.4 Å². The molecule has 1 heterocycles. The molecule has 2 aromatic carbocycles. The first-order valence-electron chi connectivity index (χ1n) is 11.4. The molecule has 7 nitrogen and oxygen atoms in total. The lowest BCUT2D eigenvalue weighted by Gasteiger charge is -2.21. The van der Waals surface area contributed by atoms with E-state index >= 15 is 0 Å². The van der Waals surface area contributed by atoms with Crippen molar-refractivity contribution in [1.29, 1.82) is 0 Å². The van der Waals surface area contributed by atoms with Crippen LogP contribution in [0.1, 0.15) is 42.1 Å². The first-order chi connectivity index (χ1) is 16.3. The first-order valence-corrected chi connectivity index (χ1v) is 11.8. The summed E-state index contributed by atoms with van der Waals surface area (Å²) in [6.07, 6.45) is 0.890. The molecule has 1 aliphatic heterocycles. The van der Waals surface area contributed by atoms with E-state index in [1.807, 2.05) is 12.1 Å². The Morgan fingerprint density at radius 3 is 2.18 bits per heavy atom. The zero-order valence-electron chi connectivity index (χ0n) is 20.4. The number of hydrogen-bond acceptors (Lipinski definition) is 5. The molecule has 8 heteroatoms. The molecule has 2 aromatic rings. The SMILES string of the molecule is COc1cc([C@@H]2CN(C(=O)c3ccc(Cl)cc3)C[C@@H]2C(=O)NCCC(C)C)cc(OC)c1OC. The molecule has 1 saturated heterocycles. The second kappa shape index (κ2) is 11.5. The lowest BCUT2D eigenvalue weighted by Crippen LogP contribution is -2.36. The Morgan fingerprint density at radius 2 is 1.65 bits per heavy atom. The van der Waals surface area contributed by atoms with Gasteiger partial charge in [0.1, 0.15) is 0 Å². The first kappa shape index (κ1) is 25.7. The monoisotopic (exact) mass is 488 g/mol. The Balaban J connectivity index is 1.93. The average Bonchev–Trinajstić information content (AvgIpc) is 3.28. The highest BCUT2D eigenvalue weighted by molar-refractivity contribution is 6.30. The fourth-order valence-electron chi connectivity index (χ4n) is 4.28. The van der Waals surface area contributed by atoms with Crippen molar-refractivity contribution in [2.45, 2.75) is 26.2 Å². The Labute approximate surface area is 206 Å². The number of ether oxygens (including phenoxy) is 3. The molecule has 0 saturated carbocycles. The molecule has 0 bridgehead atoms. The number of nitrogens with one attached hydrogen (secondary N) is 1. The van der Waals surface area contributed by atoms with Crippen molar-refractivity contribution < 1.29 is 23.8 Å². The maximum atomic E-state index is 13.2. The number of benzene rings is 2. The van der Waals surface area contributed by atoms with Crippen LogP contribution >= 0.6 is 11.6 Å². The van der Waals surface area contributed by atoms with Crippen LogP contribution in [0.15, 0.2) is 36.4 Å². The summed E-state index contributed by atoms with van der Waals surface area (Å²) in [5.74, 6) is 1.15. The number of amides is 2. The third kappa shape index (κ3) is 5.76. The lowest BCUT2D eigenvalue weighted by molar-refractivity contribution is -0.124. The highest BCUT2D eigenvalue weighted by atomic mass is 35.5.